The highest BCUT2D eigenvalue weighted by atomic mass is 35.5. The number of quaternary nitrogens is 1. The zero-order valence-corrected chi connectivity index (χ0v) is 13.9. The lowest BCUT2D eigenvalue weighted by Crippen LogP contribution is -2.91. The van der Waals surface area contributed by atoms with Gasteiger partial charge in [0.1, 0.15) is 23.5 Å². The molecule has 1 amide bonds. The number of nitrogens with one attached hydrogen (secondary N) is 1. The Hall–Kier alpha value is -2.05. The van der Waals surface area contributed by atoms with Crippen LogP contribution in [0.5, 0.6) is 0 Å². The molecule has 0 saturated carbocycles. The van der Waals surface area contributed by atoms with Gasteiger partial charge in [0.2, 0.25) is 0 Å². The van der Waals surface area contributed by atoms with Crippen LogP contribution >= 0.6 is 11.6 Å². The Morgan fingerprint density at radius 3 is 2.33 bits per heavy atom. The van der Waals surface area contributed by atoms with E-state index in [0.717, 1.165) is 12.1 Å². The number of benzene rings is 2. The van der Waals surface area contributed by atoms with Crippen molar-refractivity contribution in [2.75, 3.05) is 5.32 Å². The van der Waals surface area contributed by atoms with Crippen LogP contribution in [0.25, 0.3) is 0 Å². The van der Waals surface area contributed by atoms with Gasteiger partial charge in [-0.05, 0) is 44.2 Å². The van der Waals surface area contributed by atoms with E-state index in [-0.39, 0.29) is 10.9 Å². The molecule has 2 rings (SSSR count). The molecule has 24 heavy (non-hydrogen) atoms. The normalized spacial score (nSPS) is 13.4. The van der Waals surface area contributed by atoms with Crippen LogP contribution in [0.3, 0.4) is 0 Å². The van der Waals surface area contributed by atoms with Gasteiger partial charge >= 0.3 is 0 Å². The van der Waals surface area contributed by atoms with Gasteiger partial charge in [-0.1, -0.05) is 11.6 Å². The van der Waals surface area contributed by atoms with Gasteiger partial charge in [0, 0.05) is 11.6 Å². The maximum Gasteiger partial charge on any atom is 0.282 e. The summed E-state index contributed by atoms with van der Waals surface area (Å²) in [4.78, 5) is 12.2. The smallest absolute Gasteiger partial charge is 0.282 e. The van der Waals surface area contributed by atoms with Crippen LogP contribution in [-0.4, -0.2) is 11.9 Å². The second kappa shape index (κ2) is 7.68. The third-order valence-corrected chi connectivity index (χ3v) is 3.95. The van der Waals surface area contributed by atoms with E-state index in [1.54, 1.807) is 19.2 Å². The molecular formula is C17H17ClF3N2O+. The van der Waals surface area contributed by atoms with Crippen LogP contribution in [0.4, 0.5) is 18.9 Å². The molecule has 128 valence electrons. The molecule has 7 heteroatoms. The highest BCUT2D eigenvalue weighted by molar-refractivity contribution is 6.33. The van der Waals surface area contributed by atoms with E-state index < -0.39 is 29.5 Å². The van der Waals surface area contributed by atoms with Crippen molar-refractivity contribution in [3.63, 3.8) is 0 Å². The fraction of sp³-hybridized carbons (Fsp3) is 0.235. The maximum absolute atomic E-state index is 13.8. The summed E-state index contributed by atoms with van der Waals surface area (Å²) in [6, 6.07) is 6.03. The number of carbonyl (C=O) groups excluding carboxylic acids is 1. The summed E-state index contributed by atoms with van der Waals surface area (Å²) in [6.45, 7) is 3.36. The van der Waals surface area contributed by atoms with E-state index in [9.17, 15) is 18.0 Å². The van der Waals surface area contributed by atoms with E-state index in [4.69, 9.17) is 11.6 Å². The van der Waals surface area contributed by atoms with Gasteiger partial charge in [0.15, 0.2) is 6.04 Å². The Morgan fingerprint density at radius 2 is 1.71 bits per heavy atom. The lowest BCUT2D eigenvalue weighted by Gasteiger charge is -2.17. The summed E-state index contributed by atoms with van der Waals surface area (Å²) in [6.07, 6.45) is 0. The van der Waals surface area contributed by atoms with Crippen molar-refractivity contribution in [2.45, 2.75) is 25.9 Å². The van der Waals surface area contributed by atoms with Crippen LogP contribution in [0.15, 0.2) is 36.4 Å². The number of hydrogen-bond acceptors (Lipinski definition) is 1. The predicted octanol–water partition coefficient (Wildman–Crippen LogP) is 3.41. The van der Waals surface area contributed by atoms with E-state index >= 15 is 0 Å². The Bertz CT molecular complexity index is 755. The quantitative estimate of drug-likeness (QED) is 0.846. The monoisotopic (exact) mass is 357 g/mol. The van der Waals surface area contributed by atoms with Crippen LogP contribution in [0.2, 0.25) is 5.02 Å². The van der Waals surface area contributed by atoms with E-state index in [2.05, 4.69) is 5.32 Å². The SMILES string of the molecule is C[C@H]([NH2+][C@@H](C)c1ccc(F)cc1F)C(=O)Nc1ccc(F)cc1Cl. The van der Waals surface area contributed by atoms with Gasteiger partial charge in [0.25, 0.3) is 5.91 Å². The molecule has 0 fully saturated rings. The van der Waals surface area contributed by atoms with Crippen LogP contribution in [-0.2, 0) is 4.79 Å². The van der Waals surface area contributed by atoms with Crippen molar-refractivity contribution >= 4 is 23.2 Å². The van der Waals surface area contributed by atoms with Gasteiger partial charge in [-0.15, -0.1) is 0 Å². The average Bonchev–Trinajstić information content (AvgIpc) is 2.49. The van der Waals surface area contributed by atoms with Gasteiger partial charge in [-0.3, -0.25) is 4.79 Å². The summed E-state index contributed by atoms with van der Waals surface area (Å²) >= 11 is 5.87. The number of anilines is 1. The Balaban J connectivity index is 2.02. The minimum atomic E-state index is -0.659. The summed E-state index contributed by atoms with van der Waals surface area (Å²) < 4.78 is 39.7. The summed E-state index contributed by atoms with van der Waals surface area (Å²) in [7, 11) is 0. The number of carbonyl (C=O) groups is 1. The largest absolute Gasteiger partial charge is 0.330 e. The Morgan fingerprint density at radius 1 is 1.08 bits per heavy atom. The molecule has 0 aliphatic carbocycles. The molecule has 2 atom stereocenters. The third-order valence-electron chi connectivity index (χ3n) is 3.63. The van der Waals surface area contributed by atoms with Gasteiger partial charge in [-0.25, -0.2) is 13.2 Å². The van der Waals surface area contributed by atoms with E-state index in [1.807, 2.05) is 0 Å². The number of nitrogens with two attached hydrogens (primary N) is 1. The van der Waals surface area contributed by atoms with Gasteiger partial charge in [0.05, 0.1) is 10.7 Å². The van der Waals surface area contributed by atoms with Crippen molar-refractivity contribution in [1.29, 1.82) is 0 Å². The zero-order valence-electron chi connectivity index (χ0n) is 13.1. The first-order chi connectivity index (χ1) is 11.3. The molecule has 0 bridgehead atoms. The Kier molecular flexibility index (Phi) is 5.85. The molecule has 2 aromatic rings. The van der Waals surface area contributed by atoms with Crippen LogP contribution < -0.4 is 10.6 Å². The molecule has 3 nitrogen and oxygen atoms in total. The highest BCUT2D eigenvalue weighted by Crippen LogP contribution is 2.22. The molecule has 0 aliphatic heterocycles. The van der Waals surface area contributed by atoms with E-state index in [1.165, 1.54) is 24.3 Å². The highest BCUT2D eigenvalue weighted by Gasteiger charge is 2.23. The van der Waals surface area contributed by atoms with Crippen LogP contribution in [0.1, 0.15) is 25.5 Å². The van der Waals surface area contributed by atoms with Crippen molar-refractivity contribution in [3.8, 4) is 0 Å². The summed E-state index contributed by atoms with van der Waals surface area (Å²) in [5.74, 6) is -2.18. The predicted molar refractivity (Wildman–Crippen MR) is 86.2 cm³/mol. The standard InChI is InChI=1S/C17H16ClF3N2O/c1-9(13-5-3-12(20)8-15(13)21)22-10(2)17(24)23-16-6-4-11(19)7-14(16)18/h3-10,22H,1-2H3,(H,23,24)/p+1/t9-,10-/m0/s1. The second-order valence-corrected chi connectivity index (χ2v) is 5.96. The first-order valence-corrected chi connectivity index (χ1v) is 7.71. The molecule has 3 N–H and O–H groups in total. The van der Waals surface area contributed by atoms with Gasteiger partial charge < -0.3 is 10.6 Å². The molecule has 0 aromatic heterocycles. The minimum Gasteiger partial charge on any atom is -0.330 e. The fourth-order valence-electron chi connectivity index (χ4n) is 2.33. The number of amides is 1. The second-order valence-electron chi connectivity index (χ2n) is 5.55. The lowest BCUT2D eigenvalue weighted by molar-refractivity contribution is -0.710. The first-order valence-electron chi connectivity index (χ1n) is 7.33. The molecule has 2 aromatic carbocycles. The third kappa shape index (κ3) is 4.49. The average molecular weight is 358 g/mol. The van der Waals surface area contributed by atoms with Crippen molar-refractivity contribution < 1.29 is 23.3 Å². The summed E-state index contributed by atoms with van der Waals surface area (Å²) in [5, 5.41) is 4.33. The topological polar surface area (TPSA) is 45.7 Å². The lowest BCUT2D eigenvalue weighted by atomic mass is 10.1. The molecule has 0 radical (unpaired) electrons. The number of rotatable bonds is 5. The summed E-state index contributed by atoms with van der Waals surface area (Å²) in [5.41, 5.74) is 0.597. The van der Waals surface area contributed by atoms with Gasteiger partial charge in [-0.2, -0.15) is 0 Å². The number of hydrogen-bond donors (Lipinski definition) is 2. The maximum atomic E-state index is 13.8. The molecule has 0 heterocycles. The molecular weight excluding hydrogens is 341 g/mol. The minimum absolute atomic E-state index is 0.0909. The molecule has 0 spiro atoms. The van der Waals surface area contributed by atoms with Crippen molar-refractivity contribution in [2.24, 2.45) is 0 Å². The molecule has 0 aliphatic rings. The zero-order chi connectivity index (χ0) is 17.9. The van der Waals surface area contributed by atoms with Crippen molar-refractivity contribution in [1.82, 2.24) is 0 Å². The fourth-order valence-corrected chi connectivity index (χ4v) is 2.55. The molecule has 0 saturated heterocycles. The molecule has 0 unspecified atom stereocenters. The number of halogens is 4. The van der Waals surface area contributed by atoms with E-state index in [0.29, 0.717) is 11.3 Å². The first kappa shape index (κ1) is 18.3. The van der Waals surface area contributed by atoms with Crippen LogP contribution in [0, 0.1) is 17.5 Å². The Labute approximate surface area is 142 Å². The van der Waals surface area contributed by atoms with Crippen molar-refractivity contribution in [3.05, 3.63) is 64.4 Å².